The van der Waals surface area contributed by atoms with Gasteiger partial charge in [-0.3, -0.25) is 4.98 Å². The molecule has 0 saturated heterocycles. The smallest absolute Gasteiger partial charge is 0.422 e. The first-order valence-corrected chi connectivity index (χ1v) is 8.59. The molecule has 0 atom stereocenters. The number of aromatic nitrogens is 7. The summed E-state index contributed by atoms with van der Waals surface area (Å²) >= 11 is 0. The van der Waals surface area contributed by atoms with Gasteiger partial charge in [0, 0.05) is 23.9 Å². The van der Waals surface area contributed by atoms with E-state index in [0.717, 1.165) is 6.07 Å². The number of pyridine rings is 1. The van der Waals surface area contributed by atoms with Gasteiger partial charge in [0.05, 0.1) is 12.0 Å². The Morgan fingerprint density at radius 3 is 2.70 bits per heavy atom. The molecule has 0 unspecified atom stereocenters. The van der Waals surface area contributed by atoms with Gasteiger partial charge in [-0.25, -0.2) is 9.37 Å². The minimum atomic E-state index is -4.56. The second-order valence-corrected chi connectivity index (χ2v) is 6.24. The molecule has 0 amide bonds. The highest BCUT2D eigenvalue weighted by Crippen LogP contribution is 2.27. The van der Waals surface area contributed by atoms with Crippen LogP contribution >= 0.6 is 0 Å². The molecule has 1 aromatic carbocycles. The lowest BCUT2D eigenvalue weighted by atomic mass is 10.1. The van der Waals surface area contributed by atoms with Gasteiger partial charge in [0.1, 0.15) is 5.69 Å². The second-order valence-electron chi connectivity index (χ2n) is 6.24. The van der Waals surface area contributed by atoms with Gasteiger partial charge < -0.3 is 9.72 Å². The highest BCUT2D eigenvalue weighted by molar-refractivity contribution is 5.65. The fourth-order valence-corrected chi connectivity index (χ4v) is 2.79. The maximum atomic E-state index is 13.8. The molecule has 0 aliphatic heterocycles. The fraction of sp³-hybridized carbons (Fsp3) is 0.167. The average Bonchev–Trinajstić information content (AvgIpc) is 3.40. The molecule has 4 rings (SSSR count). The second kappa shape index (κ2) is 7.89. The van der Waals surface area contributed by atoms with Gasteiger partial charge in [-0.05, 0) is 35.0 Å². The first-order chi connectivity index (χ1) is 14.4. The normalized spacial score (nSPS) is 11.6. The summed E-state index contributed by atoms with van der Waals surface area (Å²) in [5, 5.41) is 13.7. The third-order valence-electron chi connectivity index (χ3n) is 4.09. The molecule has 8 nitrogen and oxygen atoms in total. The van der Waals surface area contributed by atoms with E-state index in [4.69, 9.17) is 0 Å². The van der Waals surface area contributed by atoms with Gasteiger partial charge in [-0.1, -0.05) is 6.07 Å². The number of rotatable bonds is 6. The average molecular weight is 419 g/mol. The molecule has 0 aliphatic carbocycles. The number of imidazole rings is 1. The number of nitrogens with one attached hydrogen (secondary N) is 2. The summed E-state index contributed by atoms with van der Waals surface area (Å²) in [6.07, 6.45) is -1.28. The highest BCUT2D eigenvalue weighted by Gasteiger charge is 2.29. The molecule has 30 heavy (non-hydrogen) atoms. The Morgan fingerprint density at radius 2 is 1.93 bits per heavy atom. The minimum Gasteiger partial charge on any atom is -0.481 e. The van der Waals surface area contributed by atoms with Gasteiger partial charge in [0.25, 0.3) is 0 Å². The fourth-order valence-electron chi connectivity index (χ4n) is 2.79. The van der Waals surface area contributed by atoms with E-state index in [1.165, 1.54) is 18.5 Å². The summed E-state index contributed by atoms with van der Waals surface area (Å²) in [5.74, 6) is -0.953. The van der Waals surface area contributed by atoms with Crippen LogP contribution in [0.5, 0.6) is 5.75 Å². The van der Waals surface area contributed by atoms with Crippen molar-refractivity contribution in [1.29, 1.82) is 0 Å². The van der Waals surface area contributed by atoms with Gasteiger partial charge >= 0.3 is 6.18 Å². The topological polar surface area (TPSA) is 105 Å². The van der Waals surface area contributed by atoms with E-state index in [9.17, 15) is 17.6 Å². The van der Waals surface area contributed by atoms with E-state index in [-0.39, 0.29) is 6.42 Å². The molecule has 3 aromatic heterocycles. The Labute approximate surface area is 166 Å². The molecule has 0 aliphatic rings. The minimum absolute atomic E-state index is 0.242. The lowest BCUT2D eigenvalue weighted by molar-refractivity contribution is -0.153. The summed E-state index contributed by atoms with van der Waals surface area (Å²) in [7, 11) is 0. The van der Waals surface area contributed by atoms with Crippen molar-refractivity contribution in [2.45, 2.75) is 12.6 Å². The van der Waals surface area contributed by atoms with Crippen LogP contribution in [0.4, 0.5) is 17.6 Å². The molecule has 0 fully saturated rings. The highest BCUT2D eigenvalue weighted by atomic mass is 19.4. The number of hydrogen-bond donors (Lipinski definition) is 2. The van der Waals surface area contributed by atoms with Crippen molar-refractivity contribution >= 4 is 0 Å². The summed E-state index contributed by atoms with van der Waals surface area (Å²) < 4.78 is 55.5. The van der Waals surface area contributed by atoms with Crippen LogP contribution in [0, 0.1) is 5.82 Å². The van der Waals surface area contributed by atoms with Crippen molar-refractivity contribution in [1.82, 2.24) is 35.6 Å². The maximum Gasteiger partial charge on any atom is 0.422 e. The van der Waals surface area contributed by atoms with Crippen molar-refractivity contribution in [3.63, 3.8) is 0 Å². The molecule has 0 spiro atoms. The molecule has 154 valence electrons. The van der Waals surface area contributed by atoms with Crippen LogP contribution in [-0.2, 0) is 6.42 Å². The number of tetrazole rings is 1. The quantitative estimate of drug-likeness (QED) is 0.465. The number of alkyl halides is 3. The molecule has 0 saturated carbocycles. The summed E-state index contributed by atoms with van der Waals surface area (Å²) in [6.45, 7) is -1.57. The van der Waals surface area contributed by atoms with Crippen molar-refractivity contribution in [2.75, 3.05) is 6.61 Å². The molecular formula is C18H13F4N7O. The molecular weight excluding hydrogens is 406 g/mol. The predicted molar refractivity (Wildman–Crippen MR) is 95.7 cm³/mol. The first-order valence-electron chi connectivity index (χ1n) is 8.59. The van der Waals surface area contributed by atoms with E-state index in [1.54, 1.807) is 18.3 Å². The molecule has 2 N–H and O–H groups in total. The van der Waals surface area contributed by atoms with Gasteiger partial charge in [0.15, 0.2) is 18.2 Å². The number of aromatic amines is 2. The SMILES string of the molecule is Fc1ccc(Cc2[nH]cnc2-c2cc(-c3nn[nH]n3)ccn2)cc1OCC(F)(F)F. The Balaban J connectivity index is 1.58. The lowest BCUT2D eigenvalue weighted by Crippen LogP contribution is -2.19. The largest absolute Gasteiger partial charge is 0.481 e. The molecule has 12 heteroatoms. The predicted octanol–water partition coefficient (Wildman–Crippen LogP) is 3.32. The van der Waals surface area contributed by atoms with Crippen LogP contribution in [-0.4, -0.2) is 48.4 Å². The zero-order valence-corrected chi connectivity index (χ0v) is 15.1. The van der Waals surface area contributed by atoms with E-state index >= 15 is 0 Å². The van der Waals surface area contributed by atoms with Gasteiger partial charge in [-0.2, -0.15) is 18.4 Å². The van der Waals surface area contributed by atoms with Crippen molar-refractivity contribution in [3.8, 4) is 28.5 Å². The number of ether oxygens (including phenoxy) is 1. The molecule has 4 aromatic rings. The van der Waals surface area contributed by atoms with E-state index < -0.39 is 24.3 Å². The number of benzene rings is 1. The van der Waals surface area contributed by atoms with Crippen LogP contribution in [0.1, 0.15) is 11.3 Å². The van der Waals surface area contributed by atoms with Crippen LogP contribution in [0.15, 0.2) is 42.9 Å². The van der Waals surface area contributed by atoms with Gasteiger partial charge in [-0.15, -0.1) is 10.2 Å². The van der Waals surface area contributed by atoms with Crippen molar-refractivity contribution in [2.24, 2.45) is 0 Å². The Bertz CT molecular complexity index is 1140. The van der Waals surface area contributed by atoms with Crippen LogP contribution in [0.2, 0.25) is 0 Å². The van der Waals surface area contributed by atoms with E-state index in [0.29, 0.717) is 34.0 Å². The maximum absolute atomic E-state index is 13.8. The summed E-state index contributed by atoms with van der Waals surface area (Å²) in [4.78, 5) is 11.6. The third-order valence-corrected chi connectivity index (χ3v) is 4.09. The Morgan fingerprint density at radius 1 is 1.07 bits per heavy atom. The first kappa shape index (κ1) is 19.5. The standard InChI is InChI=1S/C18H13F4N7O/c19-12-2-1-10(6-15(12)30-8-18(20,21)22)5-13-16(25-9-24-13)14-7-11(3-4-23-14)17-26-28-29-27-17/h1-4,6-7,9H,5,8H2,(H,24,25)(H,26,27,28,29). The van der Waals surface area contributed by atoms with Crippen LogP contribution in [0.3, 0.4) is 0 Å². The zero-order valence-electron chi connectivity index (χ0n) is 15.1. The number of halogens is 4. The third kappa shape index (κ3) is 4.42. The number of hydrogen-bond acceptors (Lipinski definition) is 6. The molecule has 0 bridgehead atoms. The van der Waals surface area contributed by atoms with Crippen molar-refractivity contribution < 1.29 is 22.3 Å². The number of nitrogens with zero attached hydrogens (tertiary/aromatic N) is 5. The summed E-state index contributed by atoms with van der Waals surface area (Å²) in [5.41, 5.74) is 2.91. The Kier molecular flexibility index (Phi) is 5.12. The number of H-pyrrole nitrogens is 2. The molecule has 0 radical (unpaired) electrons. The molecule has 3 heterocycles. The van der Waals surface area contributed by atoms with E-state index in [2.05, 4.69) is 40.3 Å². The van der Waals surface area contributed by atoms with Crippen LogP contribution < -0.4 is 4.74 Å². The van der Waals surface area contributed by atoms with Gasteiger partial charge in [0.2, 0.25) is 5.82 Å². The zero-order chi connectivity index (χ0) is 21.1. The summed E-state index contributed by atoms with van der Waals surface area (Å²) in [6, 6.07) is 7.20. The van der Waals surface area contributed by atoms with Crippen molar-refractivity contribution in [3.05, 3.63) is 59.9 Å². The van der Waals surface area contributed by atoms with Crippen LogP contribution in [0.25, 0.3) is 22.8 Å². The Hall–Kier alpha value is -3.83. The lowest BCUT2D eigenvalue weighted by Gasteiger charge is -2.11. The van der Waals surface area contributed by atoms with E-state index in [1.807, 2.05) is 0 Å². The monoisotopic (exact) mass is 419 g/mol.